The van der Waals surface area contributed by atoms with Gasteiger partial charge in [-0.2, -0.15) is 0 Å². The first-order chi connectivity index (χ1) is 17.1. The maximum atomic E-state index is 12.8. The molecule has 174 valence electrons. The van der Waals surface area contributed by atoms with Crippen molar-refractivity contribution in [2.75, 3.05) is 13.1 Å². The normalized spacial score (nSPS) is 10.3. The number of para-hydroxylation sites is 1. The summed E-state index contributed by atoms with van der Waals surface area (Å²) in [5.41, 5.74) is 4.14. The number of aromatic nitrogens is 1. The zero-order valence-corrected chi connectivity index (χ0v) is 20.4. The SMILES string of the molecule is CCN(CC)C(=O)c1ccccc1Oc1ccc(C#Cc2ccc(-c3ccc(Cl)cc3)cn2)cc1. The Morgan fingerprint density at radius 1 is 0.857 bits per heavy atom. The molecule has 4 rings (SSSR count). The first kappa shape index (κ1) is 24.1. The van der Waals surface area contributed by atoms with E-state index >= 15 is 0 Å². The zero-order chi connectivity index (χ0) is 24.6. The number of amides is 1. The van der Waals surface area contributed by atoms with E-state index in [-0.39, 0.29) is 5.91 Å². The van der Waals surface area contributed by atoms with Gasteiger partial charge < -0.3 is 9.64 Å². The van der Waals surface area contributed by atoms with Gasteiger partial charge in [0.1, 0.15) is 17.2 Å². The highest BCUT2D eigenvalue weighted by atomic mass is 35.5. The number of carbonyl (C=O) groups is 1. The number of ether oxygens (including phenoxy) is 1. The van der Waals surface area contributed by atoms with Crippen LogP contribution in [0, 0.1) is 11.8 Å². The third-order valence-corrected chi connectivity index (χ3v) is 5.78. The standard InChI is InChI=1S/C30H25ClN2O2/c1-3-33(4-2)30(34)28-7-5-6-8-29(28)35-27-19-10-22(11-20-27)9-17-26-18-14-24(21-32-26)23-12-15-25(31)16-13-23/h5-8,10-16,18-21H,3-4H2,1-2H3. The maximum absolute atomic E-state index is 12.8. The Kier molecular flexibility index (Phi) is 7.82. The van der Waals surface area contributed by atoms with Crippen molar-refractivity contribution in [2.45, 2.75) is 13.8 Å². The van der Waals surface area contributed by atoms with Gasteiger partial charge in [0.15, 0.2) is 0 Å². The van der Waals surface area contributed by atoms with Crippen LogP contribution in [0.5, 0.6) is 11.5 Å². The summed E-state index contributed by atoms with van der Waals surface area (Å²) in [6.45, 7) is 5.23. The molecule has 0 bridgehead atoms. The minimum absolute atomic E-state index is 0.0392. The molecule has 5 heteroatoms. The number of halogens is 1. The van der Waals surface area contributed by atoms with Crippen LogP contribution in [0.4, 0.5) is 0 Å². The highest BCUT2D eigenvalue weighted by Crippen LogP contribution is 2.27. The molecule has 0 saturated carbocycles. The second-order valence-corrected chi connectivity index (χ2v) is 8.23. The van der Waals surface area contributed by atoms with Gasteiger partial charge in [-0.05, 0) is 79.9 Å². The molecule has 0 aliphatic carbocycles. The Balaban J connectivity index is 1.45. The molecule has 4 aromatic rings. The minimum Gasteiger partial charge on any atom is -0.457 e. The van der Waals surface area contributed by atoms with Crippen molar-refractivity contribution in [2.24, 2.45) is 0 Å². The van der Waals surface area contributed by atoms with Gasteiger partial charge >= 0.3 is 0 Å². The van der Waals surface area contributed by atoms with Crippen LogP contribution in [0.1, 0.15) is 35.5 Å². The van der Waals surface area contributed by atoms with Crippen LogP contribution in [0.2, 0.25) is 5.02 Å². The predicted molar refractivity (Wildman–Crippen MR) is 141 cm³/mol. The Morgan fingerprint density at radius 3 is 2.20 bits per heavy atom. The molecule has 0 spiro atoms. The summed E-state index contributed by atoms with van der Waals surface area (Å²) < 4.78 is 6.03. The van der Waals surface area contributed by atoms with E-state index in [0.717, 1.165) is 16.7 Å². The number of pyridine rings is 1. The number of carbonyl (C=O) groups excluding carboxylic acids is 1. The zero-order valence-electron chi connectivity index (χ0n) is 19.7. The number of hydrogen-bond acceptors (Lipinski definition) is 3. The largest absolute Gasteiger partial charge is 0.457 e. The smallest absolute Gasteiger partial charge is 0.257 e. The Labute approximate surface area is 211 Å². The fourth-order valence-corrected chi connectivity index (χ4v) is 3.69. The average Bonchev–Trinajstić information content (AvgIpc) is 2.90. The summed E-state index contributed by atoms with van der Waals surface area (Å²) in [5.74, 6) is 7.36. The van der Waals surface area contributed by atoms with Crippen molar-refractivity contribution in [3.8, 4) is 34.5 Å². The fraction of sp³-hybridized carbons (Fsp3) is 0.133. The van der Waals surface area contributed by atoms with E-state index < -0.39 is 0 Å². The molecular formula is C30H25ClN2O2. The van der Waals surface area contributed by atoms with Crippen LogP contribution in [0.3, 0.4) is 0 Å². The van der Waals surface area contributed by atoms with Crippen molar-refractivity contribution in [3.05, 3.63) is 113 Å². The van der Waals surface area contributed by atoms with Gasteiger partial charge in [-0.1, -0.05) is 47.9 Å². The third kappa shape index (κ3) is 6.09. The molecule has 0 fully saturated rings. The van der Waals surface area contributed by atoms with Gasteiger partial charge in [-0.25, -0.2) is 4.98 Å². The van der Waals surface area contributed by atoms with Crippen LogP contribution in [0.25, 0.3) is 11.1 Å². The van der Waals surface area contributed by atoms with E-state index in [9.17, 15) is 4.79 Å². The topological polar surface area (TPSA) is 42.4 Å². The summed E-state index contributed by atoms with van der Waals surface area (Å²) >= 11 is 5.96. The lowest BCUT2D eigenvalue weighted by Crippen LogP contribution is -2.30. The summed E-state index contributed by atoms with van der Waals surface area (Å²) in [6, 6.07) is 26.3. The molecule has 0 N–H and O–H groups in total. The van der Waals surface area contributed by atoms with Gasteiger partial charge in [0.25, 0.3) is 5.91 Å². The first-order valence-electron chi connectivity index (χ1n) is 11.5. The van der Waals surface area contributed by atoms with E-state index in [0.29, 0.717) is 40.9 Å². The molecule has 1 aromatic heterocycles. The van der Waals surface area contributed by atoms with Crippen LogP contribution in [0.15, 0.2) is 91.1 Å². The monoisotopic (exact) mass is 480 g/mol. The van der Waals surface area contributed by atoms with Gasteiger partial charge in [-0.15, -0.1) is 0 Å². The molecule has 0 radical (unpaired) electrons. The first-order valence-corrected chi connectivity index (χ1v) is 11.9. The number of hydrogen-bond donors (Lipinski definition) is 0. The number of nitrogens with zero attached hydrogens (tertiary/aromatic N) is 2. The molecule has 0 unspecified atom stereocenters. The summed E-state index contributed by atoms with van der Waals surface area (Å²) in [5, 5.41) is 0.706. The quantitative estimate of drug-likeness (QED) is 0.277. The van der Waals surface area contributed by atoms with E-state index in [2.05, 4.69) is 16.8 Å². The molecule has 0 atom stereocenters. The molecule has 0 aliphatic heterocycles. The third-order valence-electron chi connectivity index (χ3n) is 5.53. The lowest BCUT2D eigenvalue weighted by atomic mass is 10.1. The summed E-state index contributed by atoms with van der Waals surface area (Å²) in [6.07, 6.45) is 1.81. The van der Waals surface area contributed by atoms with Crippen LogP contribution in [-0.2, 0) is 0 Å². The Morgan fingerprint density at radius 2 is 1.54 bits per heavy atom. The van der Waals surface area contributed by atoms with Crippen LogP contribution in [-0.4, -0.2) is 28.9 Å². The van der Waals surface area contributed by atoms with E-state index in [1.165, 1.54) is 0 Å². The summed E-state index contributed by atoms with van der Waals surface area (Å²) in [7, 11) is 0. The molecule has 1 amide bonds. The van der Waals surface area contributed by atoms with Crippen LogP contribution >= 0.6 is 11.6 Å². The van der Waals surface area contributed by atoms with Gasteiger partial charge in [0.05, 0.1) is 5.56 Å². The molecule has 1 heterocycles. The molecule has 35 heavy (non-hydrogen) atoms. The molecule has 0 aliphatic rings. The van der Waals surface area contributed by atoms with Gasteiger partial charge in [-0.3, -0.25) is 4.79 Å². The molecule has 0 saturated heterocycles. The van der Waals surface area contributed by atoms with Gasteiger partial charge in [0.2, 0.25) is 0 Å². The highest BCUT2D eigenvalue weighted by molar-refractivity contribution is 6.30. The van der Waals surface area contributed by atoms with E-state index in [1.807, 2.05) is 92.7 Å². The molecular weight excluding hydrogens is 456 g/mol. The lowest BCUT2D eigenvalue weighted by Gasteiger charge is -2.20. The average molecular weight is 481 g/mol. The van der Waals surface area contributed by atoms with Crippen molar-refractivity contribution in [3.63, 3.8) is 0 Å². The fourth-order valence-electron chi connectivity index (χ4n) is 3.56. The van der Waals surface area contributed by atoms with Crippen LogP contribution < -0.4 is 4.74 Å². The number of benzene rings is 3. The van der Waals surface area contributed by atoms with Crippen molar-refractivity contribution in [1.29, 1.82) is 0 Å². The molecule has 4 nitrogen and oxygen atoms in total. The lowest BCUT2D eigenvalue weighted by molar-refractivity contribution is 0.0770. The maximum Gasteiger partial charge on any atom is 0.257 e. The highest BCUT2D eigenvalue weighted by Gasteiger charge is 2.17. The summed E-state index contributed by atoms with van der Waals surface area (Å²) in [4.78, 5) is 19.1. The van der Waals surface area contributed by atoms with Crippen molar-refractivity contribution < 1.29 is 9.53 Å². The van der Waals surface area contributed by atoms with Crippen molar-refractivity contribution >= 4 is 17.5 Å². The van der Waals surface area contributed by atoms with E-state index in [4.69, 9.17) is 16.3 Å². The minimum atomic E-state index is -0.0392. The van der Waals surface area contributed by atoms with Gasteiger partial charge in [0, 0.05) is 35.4 Å². The second-order valence-electron chi connectivity index (χ2n) is 7.79. The Bertz CT molecular complexity index is 1350. The molecule has 3 aromatic carbocycles. The predicted octanol–water partition coefficient (Wildman–Crippen LogP) is 7.08. The van der Waals surface area contributed by atoms with Crippen molar-refractivity contribution in [1.82, 2.24) is 9.88 Å². The number of rotatable bonds is 6. The Hall–Kier alpha value is -4.07. The van der Waals surface area contributed by atoms with E-state index in [1.54, 1.807) is 17.2 Å². The second kappa shape index (κ2) is 11.4.